The van der Waals surface area contributed by atoms with Crippen molar-refractivity contribution in [2.24, 2.45) is 5.92 Å². The van der Waals surface area contributed by atoms with E-state index in [1.165, 1.54) is 31.4 Å². The van der Waals surface area contributed by atoms with Crippen molar-refractivity contribution in [1.82, 2.24) is 0 Å². The van der Waals surface area contributed by atoms with E-state index in [0.29, 0.717) is 5.60 Å². The topological polar surface area (TPSA) is 9.23 Å². The molecule has 1 atom stereocenters. The van der Waals surface area contributed by atoms with E-state index in [0.717, 1.165) is 5.92 Å². The molecule has 0 aromatic heterocycles. The molecule has 1 nitrogen and oxygen atoms in total. The molecule has 68 valence electrons. The molecule has 1 saturated carbocycles. The molecular formula is C11H18O. The molecule has 1 fully saturated rings. The standard InChI is InChI=1S/C11H18O/c1-4-8(2)10-7-11(5-6-11)12-9(10)3/h8H,4-7H2,1-3H3. The van der Waals surface area contributed by atoms with Crippen molar-refractivity contribution in [3.8, 4) is 0 Å². The second-order valence-electron chi connectivity index (χ2n) is 4.35. The second-order valence-corrected chi connectivity index (χ2v) is 4.35. The molecule has 0 aromatic rings. The Kier molecular flexibility index (Phi) is 1.71. The normalized spacial score (nSPS) is 27.6. The quantitative estimate of drug-likeness (QED) is 0.611. The number of rotatable bonds is 2. The van der Waals surface area contributed by atoms with Crippen LogP contribution in [0.5, 0.6) is 0 Å². The Morgan fingerprint density at radius 3 is 2.58 bits per heavy atom. The average molecular weight is 166 g/mol. The zero-order chi connectivity index (χ0) is 8.77. The molecule has 0 aromatic carbocycles. The van der Waals surface area contributed by atoms with Gasteiger partial charge in [0.15, 0.2) is 0 Å². The first-order chi connectivity index (χ1) is 5.67. The summed E-state index contributed by atoms with van der Waals surface area (Å²) < 4.78 is 5.87. The lowest BCUT2D eigenvalue weighted by Gasteiger charge is -2.09. The molecule has 1 aliphatic carbocycles. The lowest BCUT2D eigenvalue weighted by Crippen LogP contribution is -2.06. The third-order valence-electron chi connectivity index (χ3n) is 3.35. The van der Waals surface area contributed by atoms with Gasteiger partial charge in [-0.2, -0.15) is 0 Å². The van der Waals surface area contributed by atoms with Gasteiger partial charge in [0.25, 0.3) is 0 Å². The molecule has 0 radical (unpaired) electrons. The Morgan fingerprint density at radius 2 is 2.17 bits per heavy atom. The highest BCUT2D eigenvalue weighted by atomic mass is 16.5. The van der Waals surface area contributed by atoms with Crippen LogP contribution in [0.4, 0.5) is 0 Å². The minimum atomic E-state index is 0.294. The van der Waals surface area contributed by atoms with Crippen LogP contribution in [0.3, 0.4) is 0 Å². The Labute approximate surface area is 74.8 Å². The molecular weight excluding hydrogens is 148 g/mol. The van der Waals surface area contributed by atoms with Gasteiger partial charge in [0.1, 0.15) is 5.60 Å². The number of hydrogen-bond donors (Lipinski definition) is 0. The summed E-state index contributed by atoms with van der Waals surface area (Å²) >= 11 is 0. The largest absolute Gasteiger partial charge is 0.492 e. The fraction of sp³-hybridized carbons (Fsp3) is 0.818. The van der Waals surface area contributed by atoms with Gasteiger partial charge in [0, 0.05) is 6.42 Å². The maximum absolute atomic E-state index is 5.87. The lowest BCUT2D eigenvalue weighted by atomic mass is 9.94. The van der Waals surface area contributed by atoms with Crippen molar-refractivity contribution < 1.29 is 4.74 Å². The van der Waals surface area contributed by atoms with Gasteiger partial charge in [0.2, 0.25) is 0 Å². The Balaban J connectivity index is 2.09. The van der Waals surface area contributed by atoms with E-state index < -0.39 is 0 Å². The van der Waals surface area contributed by atoms with E-state index in [4.69, 9.17) is 4.74 Å². The number of allylic oxidation sites excluding steroid dienone is 1. The van der Waals surface area contributed by atoms with Gasteiger partial charge in [-0.25, -0.2) is 0 Å². The third kappa shape index (κ3) is 1.16. The van der Waals surface area contributed by atoms with Crippen molar-refractivity contribution in [2.45, 2.75) is 52.1 Å². The second kappa shape index (κ2) is 2.51. The van der Waals surface area contributed by atoms with Crippen molar-refractivity contribution in [1.29, 1.82) is 0 Å². The van der Waals surface area contributed by atoms with Crippen molar-refractivity contribution >= 4 is 0 Å². The first-order valence-electron chi connectivity index (χ1n) is 5.05. The highest BCUT2D eigenvalue weighted by molar-refractivity contribution is 5.23. The molecule has 0 saturated heterocycles. The minimum absolute atomic E-state index is 0.294. The first-order valence-corrected chi connectivity index (χ1v) is 5.05. The molecule has 1 aliphatic heterocycles. The van der Waals surface area contributed by atoms with Gasteiger partial charge in [-0.05, 0) is 37.7 Å². The zero-order valence-corrected chi connectivity index (χ0v) is 8.31. The molecule has 1 spiro atoms. The predicted molar refractivity (Wildman–Crippen MR) is 49.8 cm³/mol. The Hall–Kier alpha value is -0.460. The molecule has 12 heavy (non-hydrogen) atoms. The van der Waals surface area contributed by atoms with E-state index in [1.807, 2.05) is 0 Å². The summed E-state index contributed by atoms with van der Waals surface area (Å²) in [5.41, 5.74) is 1.87. The molecule has 2 aliphatic rings. The highest BCUT2D eigenvalue weighted by Gasteiger charge is 2.50. The minimum Gasteiger partial charge on any atom is -0.492 e. The van der Waals surface area contributed by atoms with Crippen LogP contribution in [0.1, 0.15) is 46.5 Å². The van der Waals surface area contributed by atoms with Crippen LogP contribution in [0.2, 0.25) is 0 Å². The van der Waals surface area contributed by atoms with Crippen molar-refractivity contribution in [2.75, 3.05) is 0 Å². The molecule has 1 heteroatoms. The molecule has 1 unspecified atom stereocenters. The van der Waals surface area contributed by atoms with Crippen LogP contribution in [-0.2, 0) is 4.74 Å². The van der Waals surface area contributed by atoms with Crippen molar-refractivity contribution in [3.05, 3.63) is 11.3 Å². The molecule has 1 heterocycles. The van der Waals surface area contributed by atoms with E-state index in [9.17, 15) is 0 Å². The molecule has 2 rings (SSSR count). The smallest absolute Gasteiger partial charge is 0.113 e. The number of hydrogen-bond acceptors (Lipinski definition) is 1. The fourth-order valence-electron chi connectivity index (χ4n) is 2.08. The molecule has 0 amide bonds. The SMILES string of the molecule is CCC(C)C1=C(C)OC2(CC2)C1. The van der Waals surface area contributed by atoms with Crippen LogP contribution in [0.25, 0.3) is 0 Å². The summed E-state index contributed by atoms with van der Waals surface area (Å²) in [6.45, 7) is 6.70. The van der Waals surface area contributed by atoms with Gasteiger partial charge in [-0.15, -0.1) is 0 Å². The van der Waals surface area contributed by atoms with Gasteiger partial charge >= 0.3 is 0 Å². The predicted octanol–water partition coefficient (Wildman–Crippen LogP) is 3.26. The van der Waals surface area contributed by atoms with E-state index in [1.54, 1.807) is 5.57 Å². The van der Waals surface area contributed by atoms with Gasteiger partial charge in [0.05, 0.1) is 5.76 Å². The third-order valence-corrected chi connectivity index (χ3v) is 3.35. The number of ether oxygens (including phenoxy) is 1. The van der Waals surface area contributed by atoms with E-state index in [-0.39, 0.29) is 0 Å². The van der Waals surface area contributed by atoms with E-state index in [2.05, 4.69) is 20.8 Å². The molecule has 0 N–H and O–H groups in total. The van der Waals surface area contributed by atoms with Crippen LogP contribution < -0.4 is 0 Å². The monoisotopic (exact) mass is 166 g/mol. The van der Waals surface area contributed by atoms with Gasteiger partial charge in [-0.1, -0.05) is 13.8 Å². The van der Waals surface area contributed by atoms with Gasteiger partial charge < -0.3 is 4.74 Å². The maximum atomic E-state index is 5.87. The van der Waals surface area contributed by atoms with Crippen LogP contribution in [-0.4, -0.2) is 5.60 Å². The van der Waals surface area contributed by atoms with E-state index >= 15 is 0 Å². The summed E-state index contributed by atoms with van der Waals surface area (Å²) in [6, 6.07) is 0. The first kappa shape index (κ1) is 8.15. The van der Waals surface area contributed by atoms with Crippen LogP contribution in [0, 0.1) is 5.92 Å². The van der Waals surface area contributed by atoms with Crippen LogP contribution in [0.15, 0.2) is 11.3 Å². The maximum Gasteiger partial charge on any atom is 0.113 e. The summed E-state index contributed by atoms with van der Waals surface area (Å²) in [6.07, 6.45) is 5.02. The highest BCUT2D eigenvalue weighted by Crippen LogP contribution is 2.52. The Bertz CT molecular complexity index is 223. The molecule has 0 bridgehead atoms. The average Bonchev–Trinajstić information content (AvgIpc) is 2.70. The lowest BCUT2D eigenvalue weighted by molar-refractivity contribution is 0.123. The summed E-state index contributed by atoms with van der Waals surface area (Å²) in [5.74, 6) is 1.95. The zero-order valence-electron chi connectivity index (χ0n) is 8.31. The summed E-state index contributed by atoms with van der Waals surface area (Å²) in [7, 11) is 0. The fourth-order valence-corrected chi connectivity index (χ4v) is 2.08. The van der Waals surface area contributed by atoms with Gasteiger partial charge in [-0.3, -0.25) is 0 Å². The summed E-state index contributed by atoms with van der Waals surface area (Å²) in [4.78, 5) is 0. The van der Waals surface area contributed by atoms with Crippen molar-refractivity contribution in [3.63, 3.8) is 0 Å². The van der Waals surface area contributed by atoms with Crippen LogP contribution >= 0.6 is 0 Å². The summed E-state index contributed by atoms with van der Waals surface area (Å²) in [5, 5.41) is 0. The Morgan fingerprint density at radius 1 is 1.50 bits per heavy atom.